The summed E-state index contributed by atoms with van der Waals surface area (Å²) >= 11 is 0. The maximum absolute atomic E-state index is 8.57. The first-order valence-corrected chi connectivity index (χ1v) is 3.12. The third-order valence-corrected chi connectivity index (χ3v) is 1.29. The summed E-state index contributed by atoms with van der Waals surface area (Å²) in [5, 5.41) is 20.8. The van der Waals surface area contributed by atoms with Gasteiger partial charge < -0.3 is 0 Å². The Labute approximate surface area is 64.3 Å². The van der Waals surface area contributed by atoms with Crippen molar-refractivity contribution in [3.8, 4) is 12.1 Å². The topological polar surface area (TPSA) is 65.4 Å². The van der Waals surface area contributed by atoms with Gasteiger partial charge in [0.2, 0.25) is 0 Å². The first-order chi connectivity index (χ1) is 5.33. The summed E-state index contributed by atoms with van der Waals surface area (Å²) in [5.74, 6) is 0. The smallest absolute Gasteiger partial charge is 0.157 e. The lowest BCUT2D eigenvalue weighted by Gasteiger charge is -1.93. The van der Waals surface area contributed by atoms with Crippen LogP contribution in [0.25, 0.3) is 0 Å². The molecular weight excluding hydrogens is 140 g/mol. The number of hydrogen-bond donors (Lipinski definition) is 0. The minimum Gasteiger partial charge on any atom is -0.253 e. The van der Waals surface area contributed by atoms with Gasteiger partial charge in [-0.1, -0.05) is 0 Å². The maximum Gasteiger partial charge on any atom is 0.157 e. The fourth-order valence-corrected chi connectivity index (χ4v) is 0.763. The molecule has 0 fully saturated rings. The van der Waals surface area contributed by atoms with Crippen molar-refractivity contribution in [2.75, 3.05) is 0 Å². The van der Waals surface area contributed by atoms with E-state index in [-0.39, 0.29) is 11.3 Å². The molecule has 0 spiro atoms. The number of nitriles is 2. The Morgan fingerprint density at radius 3 is 2.73 bits per heavy atom. The van der Waals surface area contributed by atoms with Crippen molar-refractivity contribution >= 4 is 0 Å². The third kappa shape index (κ3) is 1.06. The minimum atomic E-state index is 0.217. The van der Waals surface area contributed by atoms with Crippen molar-refractivity contribution in [2.45, 2.75) is 13.5 Å². The monoisotopic (exact) mass is 145 g/mol. The second-order valence-electron chi connectivity index (χ2n) is 1.87. The van der Waals surface area contributed by atoms with Crippen LogP contribution in [0.2, 0.25) is 0 Å². The van der Waals surface area contributed by atoms with Crippen LogP contribution in [0.5, 0.6) is 0 Å². The molecule has 0 unspecified atom stereocenters. The van der Waals surface area contributed by atoms with Crippen LogP contribution in [0, 0.1) is 28.9 Å². The number of aryl methyl sites for hydroxylation is 1. The molecule has 0 amide bonds. The first-order valence-electron chi connectivity index (χ1n) is 3.12. The zero-order chi connectivity index (χ0) is 8.27. The summed E-state index contributed by atoms with van der Waals surface area (Å²) in [5.41, 5.74) is 0.504. The van der Waals surface area contributed by atoms with Crippen molar-refractivity contribution in [1.29, 1.82) is 10.5 Å². The Morgan fingerprint density at radius 2 is 2.27 bits per heavy atom. The molecular formula is C7H5N4. The van der Waals surface area contributed by atoms with E-state index in [1.165, 1.54) is 4.68 Å². The van der Waals surface area contributed by atoms with Crippen LogP contribution in [0.3, 0.4) is 0 Å². The Balaban J connectivity index is 3.26. The van der Waals surface area contributed by atoms with Crippen molar-refractivity contribution < 1.29 is 0 Å². The maximum atomic E-state index is 8.57. The molecule has 0 aliphatic heterocycles. The van der Waals surface area contributed by atoms with Gasteiger partial charge in [-0.3, -0.25) is 4.68 Å². The molecule has 0 aliphatic rings. The van der Waals surface area contributed by atoms with Gasteiger partial charge in [-0.2, -0.15) is 15.6 Å². The van der Waals surface area contributed by atoms with E-state index in [9.17, 15) is 0 Å². The summed E-state index contributed by atoms with van der Waals surface area (Å²) in [4.78, 5) is 0. The Morgan fingerprint density at radius 1 is 1.55 bits per heavy atom. The second kappa shape index (κ2) is 2.85. The average molecular weight is 145 g/mol. The van der Waals surface area contributed by atoms with E-state index in [4.69, 9.17) is 10.5 Å². The molecule has 0 aliphatic carbocycles. The summed E-state index contributed by atoms with van der Waals surface area (Å²) < 4.78 is 1.44. The Hall–Kier alpha value is -1.81. The SMILES string of the molecule is CCn1n[c]c(C#N)c1C#N. The van der Waals surface area contributed by atoms with E-state index in [1.54, 1.807) is 0 Å². The molecule has 0 N–H and O–H groups in total. The van der Waals surface area contributed by atoms with Crippen molar-refractivity contribution in [1.82, 2.24) is 9.78 Å². The fraction of sp³-hybridized carbons (Fsp3) is 0.286. The molecule has 0 aromatic carbocycles. The van der Waals surface area contributed by atoms with Gasteiger partial charge >= 0.3 is 0 Å². The lowest BCUT2D eigenvalue weighted by molar-refractivity contribution is 0.649. The normalized spacial score (nSPS) is 8.64. The van der Waals surface area contributed by atoms with Gasteiger partial charge in [0, 0.05) is 6.54 Å². The molecule has 0 bridgehead atoms. The van der Waals surface area contributed by atoms with E-state index >= 15 is 0 Å². The Bertz CT molecular complexity index is 336. The highest BCUT2D eigenvalue weighted by Gasteiger charge is 2.07. The lowest BCUT2D eigenvalue weighted by Crippen LogP contribution is -1.99. The Kier molecular flexibility index (Phi) is 1.89. The molecule has 11 heavy (non-hydrogen) atoms. The van der Waals surface area contributed by atoms with E-state index < -0.39 is 0 Å². The molecule has 4 heteroatoms. The highest BCUT2D eigenvalue weighted by molar-refractivity contribution is 5.38. The van der Waals surface area contributed by atoms with Crippen molar-refractivity contribution in [3.05, 3.63) is 17.5 Å². The van der Waals surface area contributed by atoms with E-state index in [1.807, 2.05) is 19.1 Å². The summed E-state index contributed by atoms with van der Waals surface area (Å²) in [6, 6.07) is 3.73. The zero-order valence-corrected chi connectivity index (χ0v) is 6.00. The number of rotatable bonds is 1. The molecule has 1 rings (SSSR count). The number of aromatic nitrogens is 2. The number of hydrogen-bond acceptors (Lipinski definition) is 3. The molecule has 1 aromatic heterocycles. The molecule has 1 radical (unpaired) electrons. The van der Waals surface area contributed by atoms with Crippen LogP contribution >= 0.6 is 0 Å². The highest BCUT2D eigenvalue weighted by atomic mass is 15.3. The van der Waals surface area contributed by atoms with Crippen LogP contribution in [0.4, 0.5) is 0 Å². The van der Waals surface area contributed by atoms with Crippen molar-refractivity contribution in [3.63, 3.8) is 0 Å². The quantitative estimate of drug-likeness (QED) is 0.576. The standard InChI is InChI=1S/C7H5N4/c1-2-11-7(4-9)6(3-8)5-10-11/h2H2,1H3. The lowest BCUT2D eigenvalue weighted by atomic mass is 10.3. The predicted octanol–water partition coefficient (Wildman–Crippen LogP) is 0.447. The van der Waals surface area contributed by atoms with Gasteiger partial charge in [0.25, 0.3) is 0 Å². The first kappa shape index (κ1) is 7.30. The van der Waals surface area contributed by atoms with E-state index in [0.29, 0.717) is 6.54 Å². The second-order valence-corrected chi connectivity index (χ2v) is 1.87. The number of nitrogens with zero attached hydrogens (tertiary/aromatic N) is 4. The summed E-state index contributed by atoms with van der Waals surface area (Å²) in [6.07, 6.45) is 2.46. The molecule has 4 nitrogen and oxygen atoms in total. The third-order valence-electron chi connectivity index (χ3n) is 1.29. The van der Waals surface area contributed by atoms with E-state index in [0.717, 1.165) is 0 Å². The van der Waals surface area contributed by atoms with Crippen LogP contribution in [-0.2, 0) is 6.54 Å². The zero-order valence-electron chi connectivity index (χ0n) is 6.00. The van der Waals surface area contributed by atoms with Gasteiger partial charge in [-0.05, 0) is 6.92 Å². The predicted molar refractivity (Wildman–Crippen MR) is 36.2 cm³/mol. The van der Waals surface area contributed by atoms with Gasteiger partial charge in [0.05, 0.1) is 0 Å². The summed E-state index contributed by atoms with van der Waals surface area (Å²) in [7, 11) is 0. The molecule has 1 heterocycles. The van der Waals surface area contributed by atoms with Crippen molar-refractivity contribution in [2.24, 2.45) is 0 Å². The van der Waals surface area contributed by atoms with E-state index in [2.05, 4.69) is 11.3 Å². The van der Waals surface area contributed by atoms with Crippen LogP contribution in [-0.4, -0.2) is 9.78 Å². The average Bonchev–Trinajstić information content (AvgIpc) is 2.45. The molecule has 0 atom stereocenters. The fourth-order valence-electron chi connectivity index (χ4n) is 0.763. The van der Waals surface area contributed by atoms with Gasteiger partial charge in [-0.25, -0.2) is 0 Å². The van der Waals surface area contributed by atoms with Gasteiger partial charge in [-0.15, -0.1) is 0 Å². The largest absolute Gasteiger partial charge is 0.253 e. The molecule has 0 saturated heterocycles. The molecule has 53 valence electrons. The van der Waals surface area contributed by atoms with Gasteiger partial charge in [0.15, 0.2) is 5.69 Å². The van der Waals surface area contributed by atoms with Crippen LogP contribution < -0.4 is 0 Å². The van der Waals surface area contributed by atoms with Gasteiger partial charge in [0.1, 0.15) is 23.9 Å². The molecule has 1 aromatic rings. The van der Waals surface area contributed by atoms with Crippen LogP contribution in [0.1, 0.15) is 18.2 Å². The van der Waals surface area contributed by atoms with Crippen LogP contribution in [0.15, 0.2) is 0 Å². The minimum absolute atomic E-state index is 0.217. The summed E-state index contributed by atoms with van der Waals surface area (Å²) in [6.45, 7) is 2.43. The molecule has 0 saturated carbocycles. The highest BCUT2D eigenvalue weighted by Crippen LogP contribution is 2.03.